The molecule has 2 N–H and O–H groups in total. The third-order valence-corrected chi connectivity index (χ3v) is 4.81. The van der Waals surface area contributed by atoms with Gasteiger partial charge in [-0.05, 0) is 42.1 Å². The number of carbonyl (C=O) groups excluding carboxylic acids is 2. The van der Waals surface area contributed by atoms with Crippen LogP contribution in [-0.4, -0.2) is 43.9 Å². The topological polar surface area (TPSA) is 53.9 Å². The summed E-state index contributed by atoms with van der Waals surface area (Å²) in [6.45, 7) is 2.95. The minimum atomic E-state index is -0.404. The maximum Gasteiger partial charge on any atom is 0.279 e. The van der Waals surface area contributed by atoms with Crippen molar-refractivity contribution in [3.05, 3.63) is 52.0 Å². The predicted molar refractivity (Wildman–Crippen MR) is 97.2 cm³/mol. The van der Waals surface area contributed by atoms with E-state index < -0.39 is 5.82 Å². The predicted octanol–water partition coefficient (Wildman–Crippen LogP) is 1.31. The average molecular weight is 364 g/mol. The van der Waals surface area contributed by atoms with Gasteiger partial charge in [-0.1, -0.05) is 6.07 Å². The summed E-state index contributed by atoms with van der Waals surface area (Å²) in [5.41, 5.74) is 1.59. The Morgan fingerprint density at radius 1 is 1.28 bits per heavy atom. The maximum absolute atomic E-state index is 13.1. The highest BCUT2D eigenvalue weighted by atomic mass is 32.1. The number of nitrogens with zero attached hydrogens (tertiary/aromatic N) is 1. The van der Waals surface area contributed by atoms with Gasteiger partial charge in [0.25, 0.3) is 11.8 Å². The molecule has 1 heterocycles. The van der Waals surface area contributed by atoms with Crippen molar-refractivity contribution in [1.29, 1.82) is 0 Å². The Bertz CT molecular complexity index is 747. The summed E-state index contributed by atoms with van der Waals surface area (Å²) >= 11 is 1.63. The number of quaternary nitrogens is 1. The van der Waals surface area contributed by atoms with Crippen molar-refractivity contribution < 1.29 is 18.9 Å². The molecular formula is C18H23FN3O2S+. The number of carbonyl (C=O) groups is 2. The largest absolute Gasteiger partial charge is 0.336 e. The Morgan fingerprint density at radius 3 is 2.68 bits per heavy atom. The molecule has 0 spiro atoms. The number of benzene rings is 1. The van der Waals surface area contributed by atoms with Gasteiger partial charge in [-0.3, -0.25) is 9.59 Å². The first-order valence-corrected chi connectivity index (χ1v) is 8.86. The van der Waals surface area contributed by atoms with E-state index in [0.717, 1.165) is 9.78 Å². The number of halogens is 1. The molecule has 1 atom stereocenters. The summed E-state index contributed by atoms with van der Waals surface area (Å²) in [7, 11) is 3.55. The number of rotatable bonds is 7. The van der Waals surface area contributed by atoms with Crippen LogP contribution in [0.5, 0.6) is 0 Å². The van der Waals surface area contributed by atoms with Gasteiger partial charge in [-0.15, -0.1) is 11.3 Å². The van der Waals surface area contributed by atoms with Gasteiger partial charge in [0, 0.05) is 17.6 Å². The number of thiophene rings is 1. The van der Waals surface area contributed by atoms with Crippen LogP contribution in [0.3, 0.4) is 0 Å². The van der Waals surface area contributed by atoms with E-state index in [9.17, 15) is 14.0 Å². The van der Waals surface area contributed by atoms with E-state index in [1.54, 1.807) is 36.4 Å². The number of likely N-dealkylation sites (N-methyl/N-ethyl adjacent to an activating group) is 2. The van der Waals surface area contributed by atoms with Gasteiger partial charge < -0.3 is 15.1 Å². The van der Waals surface area contributed by atoms with Crippen LogP contribution >= 0.6 is 11.3 Å². The summed E-state index contributed by atoms with van der Waals surface area (Å²) in [5.74, 6) is -0.685. The lowest BCUT2D eigenvalue weighted by Gasteiger charge is -2.19. The highest BCUT2D eigenvalue weighted by Crippen LogP contribution is 2.17. The summed E-state index contributed by atoms with van der Waals surface area (Å²) < 4.78 is 13.1. The first-order valence-electron chi connectivity index (χ1n) is 7.99. The molecule has 1 aromatic heterocycles. The zero-order valence-electron chi connectivity index (χ0n) is 14.6. The molecule has 0 radical (unpaired) electrons. The van der Waals surface area contributed by atoms with Crippen LogP contribution in [0.2, 0.25) is 0 Å². The lowest BCUT2D eigenvalue weighted by molar-refractivity contribution is -0.862. The molecule has 1 unspecified atom stereocenters. The number of amides is 2. The van der Waals surface area contributed by atoms with E-state index >= 15 is 0 Å². The summed E-state index contributed by atoms with van der Waals surface area (Å²) in [6, 6.07) is 7.77. The lowest BCUT2D eigenvalue weighted by atomic mass is 10.3. The van der Waals surface area contributed by atoms with Crippen molar-refractivity contribution in [2.24, 2.45) is 0 Å². The quantitative estimate of drug-likeness (QED) is 0.778. The highest BCUT2D eigenvalue weighted by molar-refractivity contribution is 7.10. The summed E-state index contributed by atoms with van der Waals surface area (Å²) in [5, 5.41) is 4.65. The Balaban J connectivity index is 1.80. The molecule has 0 saturated heterocycles. The number of hydrogen-bond donors (Lipinski definition) is 2. The molecule has 1 aromatic carbocycles. The van der Waals surface area contributed by atoms with E-state index in [4.69, 9.17) is 0 Å². The van der Waals surface area contributed by atoms with Gasteiger partial charge in [-0.25, -0.2) is 4.39 Å². The van der Waals surface area contributed by atoms with Gasteiger partial charge >= 0.3 is 0 Å². The van der Waals surface area contributed by atoms with Crippen molar-refractivity contribution in [3.63, 3.8) is 0 Å². The lowest BCUT2D eigenvalue weighted by Crippen LogP contribution is -3.11. The Kier molecular flexibility index (Phi) is 6.66. The standard InChI is InChI=1S/C18H22FN3O2S/c1-13-7-8-25-16(13)10-22(3)18(24)12-21(2)11-17(23)20-15-6-4-5-14(19)9-15/h4-9H,10-12H2,1-3H3,(H,20,23)/p+1. The zero-order valence-corrected chi connectivity index (χ0v) is 15.5. The molecular weight excluding hydrogens is 341 g/mol. The zero-order chi connectivity index (χ0) is 18.4. The van der Waals surface area contributed by atoms with Gasteiger partial charge in [0.15, 0.2) is 13.1 Å². The number of nitrogens with one attached hydrogen (secondary N) is 2. The number of aryl methyl sites for hydroxylation is 1. The van der Waals surface area contributed by atoms with Crippen LogP contribution in [0.25, 0.3) is 0 Å². The molecule has 0 aliphatic heterocycles. The molecule has 2 rings (SSSR count). The molecule has 25 heavy (non-hydrogen) atoms. The smallest absolute Gasteiger partial charge is 0.279 e. The molecule has 2 aromatic rings. The van der Waals surface area contributed by atoms with Crippen molar-refractivity contribution in [1.82, 2.24) is 4.90 Å². The van der Waals surface area contributed by atoms with Crippen LogP contribution in [0.4, 0.5) is 10.1 Å². The molecule has 0 aliphatic carbocycles. The van der Waals surface area contributed by atoms with E-state index in [1.807, 2.05) is 18.4 Å². The van der Waals surface area contributed by atoms with Crippen molar-refractivity contribution >= 4 is 28.8 Å². The van der Waals surface area contributed by atoms with Crippen molar-refractivity contribution in [2.75, 3.05) is 32.5 Å². The molecule has 0 bridgehead atoms. The van der Waals surface area contributed by atoms with Crippen LogP contribution in [0.15, 0.2) is 35.7 Å². The fraction of sp³-hybridized carbons (Fsp3) is 0.333. The average Bonchev–Trinajstić information content (AvgIpc) is 2.91. The Labute approximate surface area is 151 Å². The second-order valence-electron chi connectivity index (χ2n) is 6.15. The van der Waals surface area contributed by atoms with E-state index in [-0.39, 0.29) is 24.9 Å². The van der Waals surface area contributed by atoms with Gasteiger partial charge in [-0.2, -0.15) is 0 Å². The van der Waals surface area contributed by atoms with Crippen LogP contribution in [0.1, 0.15) is 10.4 Å². The second-order valence-corrected chi connectivity index (χ2v) is 7.15. The fourth-order valence-corrected chi connectivity index (χ4v) is 3.33. The second kappa shape index (κ2) is 8.73. The van der Waals surface area contributed by atoms with Crippen LogP contribution < -0.4 is 10.2 Å². The minimum Gasteiger partial charge on any atom is -0.336 e. The molecule has 134 valence electrons. The van der Waals surface area contributed by atoms with Gasteiger partial charge in [0.1, 0.15) is 5.82 Å². The third-order valence-electron chi connectivity index (χ3n) is 3.80. The first-order chi connectivity index (χ1) is 11.8. The SMILES string of the molecule is Cc1ccsc1CN(C)C(=O)C[NH+](C)CC(=O)Nc1cccc(F)c1. The minimum absolute atomic E-state index is 0.0242. The van der Waals surface area contributed by atoms with E-state index in [2.05, 4.69) is 5.32 Å². The summed E-state index contributed by atoms with van der Waals surface area (Å²) in [4.78, 5) is 27.9. The Hall–Kier alpha value is -2.25. The van der Waals surface area contributed by atoms with Gasteiger partial charge in [0.05, 0.1) is 13.6 Å². The van der Waals surface area contributed by atoms with Crippen LogP contribution in [-0.2, 0) is 16.1 Å². The van der Waals surface area contributed by atoms with Crippen molar-refractivity contribution in [3.8, 4) is 0 Å². The monoisotopic (exact) mass is 364 g/mol. The Morgan fingerprint density at radius 2 is 2.04 bits per heavy atom. The van der Waals surface area contributed by atoms with E-state index in [1.165, 1.54) is 23.8 Å². The fourth-order valence-electron chi connectivity index (χ4n) is 2.37. The van der Waals surface area contributed by atoms with Crippen molar-refractivity contribution in [2.45, 2.75) is 13.5 Å². The number of hydrogen-bond acceptors (Lipinski definition) is 3. The molecule has 5 nitrogen and oxygen atoms in total. The molecule has 2 amide bonds. The molecule has 0 aliphatic rings. The first kappa shape index (κ1) is 19.1. The van der Waals surface area contributed by atoms with E-state index in [0.29, 0.717) is 12.2 Å². The number of anilines is 1. The third kappa shape index (κ3) is 5.95. The molecule has 0 saturated carbocycles. The molecule has 7 heteroatoms. The van der Waals surface area contributed by atoms with Crippen LogP contribution in [0, 0.1) is 12.7 Å². The van der Waals surface area contributed by atoms with Gasteiger partial charge in [0.2, 0.25) is 0 Å². The highest BCUT2D eigenvalue weighted by Gasteiger charge is 2.18. The summed E-state index contributed by atoms with van der Waals surface area (Å²) in [6.07, 6.45) is 0. The molecule has 0 fully saturated rings. The maximum atomic E-state index is 13.1. The normalized spacial score (nSPS) is 11.8.